The van der Waals surface area contributed by atoms with Crippen LogP contribution in [-0.4, -0.2) is 35.9 Å². The van der Waals surface area contributed by atoms with Crippen LogP contribution in [-0.2, 0) is 20.2 Å². The third-order valence-corrected chi connectivity index (χ3v) is 4.28. The van der Waals surface area contributed by atoms with Crippen LogP contribution in [0.5, 0.6) is 0 Å². The molecule has 1 aliphatic rings. The van der Waals surface area contributed by atoms with Crippen molar-refractivity contribution in [1.82, 2.24) is 14.8 Å². The van der Waals surface area contributed by atoms with Gasteiger partial charge < -0.3 is 4.74 Å². The maximum Gasteiger partial charge on any atom is 0.296 e. The maximum atomic E-state index is 11.5. The summed E-state index contributed by atoms with van der Waals surface area (Å²) >= 11 is 0. The Hall–Kier alpha value is -0.660. The van der Waals surface area contributed by atoms with Gasteiger partial charge in [0.15, 0.2) is 0 Å². The second-order valence-corrected chi connectivity index (χ2v) is 7.45. The Labute approximate surface area is 117 Å². The third kappa shape index (κ3) is 3.46. The van der Waals surface area contributed by atoms with Gasteiger partial charge in [-0.05, 0) is 33.1 Å². The Morgan fingerprint density at radius 2 is 2.16 bits per heavy atom. The fourth-order valence-electron chi connectivity index (χ4n) is 2.30. The smallest absolute Gasteiger partial charge is 0.296 e. The van der Waals surface area contributed by atoms with Crippen LogP contribution in [0.4, 0.5) is 0 Å². The summed E-state index contributed by atoms with van der Waals surface area (Å²) in [6, 6.07) is -0.0721. The average molecular weight is 308 g/mol. The Balaban J connectivity index is 2.27. The van der Waals surface area contributed by atoms with Crippen molar-refractivity contribution in [3.8, 4) is 0 Å². The van der Waals surface area contributed by atoms with Crippen molar-refractivity contribution in [1.29, 1.82) is 0 Å². The zero-order valence-corrected chi connectivity index (χ0v) is 12.6. The van der Waals surface area contributed by atoms with Gasteiger partial charge in [0.05, 0.1) is 6.10 Å². The van der Waals surface area contributed by atoms with E-state index in [-0.39, 0.29) is 17.3 Å². The Morgan fingerprint density at radius 1 is 1.42 bits per heavy atom. The molecule has 0 N–H and O–H groups in total. The first kappa shape index (κ1) is 14.7. The van der Waals surface area contributed by atoms with Gasteiger partial charge in [-0.1, -0.05) is 0 Å². The first-order chi connectivity index (χ1) is 8.89. The van der Waals surface area contributed by atoms with Crippen LogP contribution in [0.25, 0.3) is 0 Å². The Kier molecular flexibility index (Phi) is 4.47. The molecular formula is C11H18ClN3O3S. The number of aromatic nitrogens is 3. The summed E-state index contributed by atoms with van der Waals surface area (Å²) in [4.78, 5) is 0. The van der Waals surface area contributed by atoms with E-state index >= 15 is 0 Å². The van der Waals surface area contributed by atoms with Crippen LogP contribution >= 0.6 is 10.7 Å². The van der Waals surface area contributed by atoms with E-state index in [9.17, 15) is 8.42 Å². The van der Waals surface area contributed by atoms with Gasteiger partial charge in [-0.15, -0.1) is 10.2 Å². The molecule has 1 unspecified atom stereocenters. The van der Waals surface area contributed by atoms with Crippen LogP contribution in [0, 0.1) is 0 Å². The molecule has 0 aromatic carbocycles. The fraction of sp³-hybridized carbons (Fsp3) is 0.818. The van der Waals surface area contributed by atoms with Crippen LogP contribution in [0.3, 0.4) is 0 Å². The first-order valence-corrected chi connectivity index (χ1v) is 8.70. The number of hydrogen-bond donors (Lipinski definition) is 0. The molecule has 2 rings (SSSR count). The highest BCUT2D eigenvalue weighted by atomic mass is 35.7. The minimum absolute atomic E-state index is 0.0721. The molecule has 8 heteroatoms. The second-order valence-electron chi connectivity index (χ2n) is 4.99. The molecule has 0 amide bonds. The second kappa shape index (κ2) is 5.76. The normalized spacial score (nSPS) is 20.9. The molecule has 1 aliphatic heterocycles. The number of nitrogens with zero attached hydrogens (tertiary/aromatic N) is 3. The van der Waals surface area contributed by atoms with Gasteiger partial charge in [0.2, 0.25) is 0 Å². The Bertz CT molecular complexity index is 535. The summed E-state index contributed by atoms with van der Waals surface area (Å²) in [5.41, 5.74) is 0. The van der Waals surface area contributed by atoms with E-state index in [1.54, 1.807) is 4.57 Å². The van der Waals surface area contributed by atoms with Crippen molar-refractivity contribution in [2.24, 2.45) is 0 Å². The van der Waals surface area contributed by atoms with Crippen molar-refractivity contribution in [2.45, 2.75) is 56.8 Å². The van der Waals surface area contributed by atoms with Crippen molar-refractivity contribution < 1.29 is 13.2 Å². The van der Waals surface area contributed by atoms with E-state index in [1.165, 1.54) is 0 Å². The molecular weight excluding hydrogens is 290 g/mol. The minimum atomic E-state index is -3.88. The lowest BCUT2D eigenvalue weighted by molar-refractivity contribution is 0.0149. The van der Waals surface area contributed by atoms with Crippen molar-refractivity contribution in [3.63, 3.8) is 0 Å². The molecule has 6 nitrogen and oxygen atoms in total. The monoisotopic (exact) mass is 307 g/mol. The van der Waals surface area contributed by atoms with Crippen molar-refractivity contribution >= 4 is 19.7 Å². The third-order valence-electron chi connectivity index (χ3n) is 3.15. The molecule has 1 fully saturated rings. The maximum absolute atomic E-state index is 11.5. The summed E-state index contributed by atoms with van der Waals surface area (Å²) in [5, 5.41) is 7.49. The van der Waals surface area contributed by atoms with Crippen LogP contribution in [0.15, 0.2) is 5.16 Å². The van der Waals surface area contributed by atoms with Crippen LogP contribution < -0.4 is 0 Å². The minimum Gasteiger partial charge on any atom is -0.378 e. The number of rotatable bonds is 4. The van der Waals surface area contributed by atoms with E-state index < -0.39 is 9.05 Å². The molecule has 1 saturated heterocycles. The van der Waals surface area contributed by atoms with Gasteiger partial charge in [0, 0.05) is 29.8 Å². The zero-order valence-electron chi connectivity index (χ0n) is 11.0. The van der Waals surface area contributed by atoms with Crippen molar-refractivity contribution in [3.05, 3.63) is 5.82 Å². The number of hydrogen-bond acceptors (Lipinski definition) is 5. The summed E-state index contributed by atoms with van der Waals surface area (Å²) in [7, 11) is 1.50. The highest BCUT2D eigenvalue weighted by Gasteiger charge is 2.26. The van der Waals surface area contributed by atoms with Crippen LogP contribution in [0.2, 0.25) is 0 Å². The first-order valence-electron chi connectivity index (χ1n) is 6.39. The summed E-state index contributed by atoms with van der Waals surface area (Å²) < 4.78 is 30.2. The fourth-order valence-corrected chi connectivity index (χ4v) is 3.31. The molecule has 1 aromatic rings. The van der Waals surface area contributed by atoms with Gasteiger partial charge in [0.1, 0.15) is 5.82 Å². The van der Waals surface area contributed by atoms with Gasteiger partial charge in [-0.2, -0.15) is 0 Å². The Morgan fingerprint density at radius 3 is 2.68 bits per heavy atom. The predicted octanol–water partition coefficient (Wildman–Crippen LogP) is 1.90. The van der Waals surface area contributed by atoms with Crippen molar-refractivity contribution in [2.75, 3.05) is 6.61 Å². The average Bonchev–Trinajstić information content (AvgIpc) is 2.74. The standard InChI is InChI=1S/C11H18ClN3O3S/c1-8(2)15-10(7-9-5-3-4-6-18-9)13-14-11(15)19(12,16)17/h8-9H,3-7H2,1-2H3. The highest BCUT2D eigenvalue weighted by molar-refractivity contribution is 8.13. The molecule has 0 radical (unpaired) electrons. The lowest BCUT2D eigenvalue weighted by Gasteiger charge is -2.23. The molecule has 0 saturated carbocycles. The van der Waals surface area contributed by atoms with Gasteiger partial charge in [-0.3, -0.25) is 4.57 Å². The largest absolute Gasteiger partial charge is 0.378 e. The summed E-state index contributed by atoms with van der Waals surface area (Å²) in [6.45, 7) is 4.50. The van der Waals surface area contributed by atoms with E-state index in [0.29, 0.717) is 12.2 Å². The molecule has 1 atom stereocenters. The summed E-state index contributed by atoms with van der Waals surface area (Å²) in [5.74, 6) is 0.612. The highest BCUT2D eigenvalue weighted by Crippen LogP contribution is 2.22. The molecule has 19 heavy (non-hydrogen) atoms. The predicted molar refractivity (Wildman–Crippen MR) is 70.7 cm³/mol. The lowest BCUT2D eigenvalue weighted by atomic mass is 10.1. The van der Waals surface area contributed by atoms with E-state index in [1.807, 2.05) is 13.8 Å². The SMILES string of the molecule is CC(C)n1c(CC2CCCCO2)nnc1S(=O)(=O)Cl. The molecule has 108 valence electrons. The molecule has 0 spiro atoms. The van der Waals surface area contributed by atoms with Gasteiger partial charge in [0.25, 0.3) is 14.2 Å². The summed E-state index contributed by atoms with van der Waals surface area (Å²) in [6.07, 6.45) is 3.82. The number of ether oxygens (including phenoxy) is 1. The molecule has 2 heterocycles. The molecule has 1 aromatic heterocycles. The molecule has 0 bridgehead atoms. The number of halogens is 1. The van der Waals surface area contributed by atoms with E-state index in [2.05, 4.69) is 10.2 Å². The zero-order chi connectivity index (χ0) is 14.0. The lowest BCUT2D eigenvalue weighted by Crippen LogP contribution is -2.24. The van der Waals surface area contributed by atoms with Gasteiger partial charge in [-0.25, -0.2) is 8.42 Å². The topological polar surface area (TPSA) is 74.1 Å². The van der Waals surface area contributed by atoms with E-state index in [0.717, 1.165) is 25.9 Å². The van der Waals surface area contributed by atoms with E-state index in [4.69, 9.17) is 15.4 Å². The quantitative estimate of drug-likeness (QED) is 0.794. The van der Waals surface area contributed by atoms with Gasteiger partial charge >= 0.3 is 0 Å². The van der Waals surface area contributed by atoms with Crippen LogP contribution in [0.1, 0.15) is 45.0 Å². The molecule has 0 aliphatic carbocycles.